The maximum atomic E-state index is 12.6. The van der Waals surface area contributed by atoms with Gasteiger partial charge in [0.15, 0.2) is 0 Å². The maximum absolute atomic E-state index is 12.6. The summed E-state index contributed by atoms with van der Waals surface area (Å²) in [6.07, 6.45) is 4.98. The Labute approximate surface area is 183 Å². The molecular weight excluding hydrogens is 390 g/mol. The Morgan fingerprint density at radius 3 is 2.48 bits per heavy atom. The van der Waals surface area contributed by atoms with Crippen molar-refractivity contribution in [3.05, 3.63) is 59.2 Å². The van der Waals surface area contributed by atoms with Crippen LogP contribution in [0.4, 0.5) is 0 Å². The van der Waals surface area contributed by atoms with Gasteiger partial charge in [0, 0.05) is 19.7 Å². The molecule has 1 unspecified atom stereocenters. The van der Waals surface area contributed by atoms with Gasteiger partial charge in [-0.1, -0.05) is 36.4 Å². The molecule has 5 rings (SSSR count). The van der Waals surface area contributed by atoms with Crippen LogP contribution < -0.4 is 0 Å². The number of nitrogens with zero attached hydrogens (tertiary/aromatic N) is 1. The fraction of sp³-hybridized carbons (Fsp3) is 0.462. The van der Waals surface area contributed by atoms with Gasteiger partial charge in [0.25, 0.3) is 5.91 Å². The van der Waals surface area contributed by atoms with Crippen molar-refractivity contribution in [2.75, 3.05) is 19.7 Å². The summed E-state index contributed by atoms with van der Waals surface area (Å²) in [4.78, 5) is 26.1. The van der Waals surface area contributed by atoms with E-state index >= 15 is 0 Å². The lowest BCUT2D eigenvalue weighted by Gasteiger charge is -2.34. The number of benzene rings is 2. The van der Waals surface area contributed by atoms with Crippen LogP contribution in [0.5, 0.6) is 0 Å². The molecule has 5 heteroatoms. The predicted molar refractivity (Wildman–Crippen MR) is 118 cm³/mol. The fourth-order valence-electron chi connectivity index (χ4n) is 5.60. The molecule has 2 atom stereocenters. The minimum absolute atomic E-state index is 0.188. The number of carboxylic acid groups (broad SMARTS) is 1. The summed E-state index contributed by atoms with van der Waals surface area (Å²) in [7, 11) is 0. The van der Waals surface area contributed by atoms with Crippen LogP contribution in [0.3, 0.4) is 0 Å². The molecule has 1 saturated carbocycles. The number of amides is 1. The van der Waals surface area contributed by atoms with Gasteiger partial charge in [-0.15, -0.1) is 0 Å². The maximum Gasteiger partial charge on any atom is 0.335 e. The van der Waals surface area contributed by atoms with Crippen LogP contribution in [0.15, 0.2) is 42.5 Å². The molecule has 3 fully saturated rings. The lowest BCUT2D eigenvalue weighted by Crippen LogP contribution is -2.44. The molecule has 0 aromatic heterocycles. The molecule has 3 aliphatic rings. The predicted octanol–water partition coefficient (Wildman–Crippen LogP) is 4.64. The van der Waals surface area contributed by atoms with Crippen molar-refractivity contribution in [3.8, 4) is 11.1 Å². The lowest BCUT2D eigenvalue weighted by molar-refractivity contribution is -0.142. The summed E-state index contributed by atoms with van der Waals surface area (Å²) in [6.45, 7) is 4.27. The minimum Gasteiger partial charge on any atom is -0.478 e. The van der Waals surface area contributed by atoms with Gasteiger partial charge in [-0.05, 0) is 78.7 Å². The summed E-state index contributed by atoms with van der Waals surface area (Å²) in [6, 6.07) is 14.1. The summed E-state index contributed by atoms with van der Waals surface area (Å²) in [5.74, 6) is -0.138. The van der Waals surface area contributed by atoms with E-state index < -0.39 is 5.97 Å². The zero-order valence-corrected chi connectivity index (χ0v) is 18.0. The average molecular weight is 420 g/mol. The second-order valence-corrected chi connectivity index (χ2v) is 9.35. The number of carbonyl (C=O) groups excluding carboxylic acids is 1. The number of carbonyl (C=O) groups is 2. The molecule has 0 bridgehead atoms. The van der Waals surface area contributed by atoms with Gasteiger partial charge in [0.1, 0.15) is 6.10 Å². The zero-order chi connectivity index (χ0) is 21.6. The third-order valence-corrected chi connectivity index (χ3v) is 7.65. The van der Waals surface area contributed by atoms with Gasteiger partial charge in [0.2, 0.25) is 0 Å². The van der Waals surface area contributed by atoms with Crippen LogP contribution in [0.25, 0.3) is 11.1 Å². The molecule has 2 heterocycles. The third kappa shape index (κ3) is 3.65. The Hall–Kier alpha value is -2.66. The summed E-state index contributed by atoms with van der Waals surface area (Å²) < 4.78 is 5.58. The van der Waals surface area contributed by atoms with E-state index in [1.165, 1.54) is 12.0 Å². The summed E-state index contributed by atoms with van der Waals surface area (Å²) >= 11 is 0. The van der Waals surface area contributed by atoms with Crippen molar-refractivity contribution in [3.63, 3.8) is 0 Å². The largest absolute Gasteiger partial charge is 0.478 e. The number of rotatable bonds is 4. The van der Waals surface area contributed by atoms with Gasteiger partial charge in [-0.2, -0.15) is 0 Å². The molecule has 0 radical (unpaired) electrons. The van der Waals surface area contributed by atoms with Crippen LogP contribution in [-0.4, -0.2) is 47.7 Å². The average Bonchev–Trinajstić information content (AvgIpc) is 3.20. The monoisotopic (exact) mass is 419 g/mol. The summed E-state index contributed by atoms with van der Waals surface area (Å²) in [5.41, 5.74) is 4.87. The first-order chi connectivity index (χ1) is 15.0. The van der Waals surface area contributed by atoms with Crippen molar-refractivity contribution in [1.29, 1.82) is 0 Å². The van der Waals surface area contributed by atoms with Crippen molar-refractivity contribution in [2.45, 2.75) is 51.0 Å². The van der Waals surface area contributed by atoms with E-state index in [0.717, 1.165) is 55.5 Å². The van der Waals surface area contributed by atoms with Crippen molar-refractivity contribution >= 4 is 11.9 Å². The van der Waals surface area contributed by atoms with E-state index in [0.29, 0.717) is 23.5 Å². The molecule has 1 aliphatic carbocycles. The summed E-state index contributed by atoms with van der Waals surface area (Å²) in [5, 5.41) is 9.39. The molecule has 5 nitrogen and oxygen atoms in total. The highest BCUT2D eigenvalue weighted by Crippen LogP contribution is 2.65. The number of hydrogen-bond acceptors (Lipinski definition) is 3. The van der Waals surface area contributed by atoms with E-state index in [9.17, 15) is 14.7 Å². The van der Waals surface area contributed by atoms with Gasteiger partial charge in [-0.25, -0.2) is 4.79 Å². The molecule has 2 aromatic carbocycles. The molecule has 2 saturated heterocycles. The second-order valence-electron chi connectivity index (χ2n) is 9.35. The van der Waals surface area contributed by atoms with Gasteiger partial charge in [-0.3, -0.25) is 4.79 Å². The molecule has 1 spiro atoms. The van der Waals surface area contributed by atoms with Crippen LogP contribution in [0.2, 0.25) is 0 Å². The quantitative estimate of drug-likeness (QED) is 0.784. The van der Waals surface area contributed by atoms with E-state index in [1.807, 2.05) is 17.9 Å². The van der Waals surface area contributed by atoms with Crippen molar-refractivity contribution in [1.82, 2.24) is 4.90 Å². The molecule has 162 valence electrons. The van der Waals surface area contributed by atoms with Crippen LogP contribution in [0, 0.1) is 12.3 Å². The first-order valence-corrected chi connectivity index (χ1v) is 11.3. The molecule has 2 aromatic rings. The second kappa shape index (κ2) is 7.79. The van der Waals surface area contributed by atoms with Crippen LogP contribution in [-0.2, 0) is 9.53 Å². The van der Waals surface area contributed by atoms with Gasteiger partial charge >= 0.3 is 5.97 Å². The number of ether oxygens (including phenoxy) is 1. The molecular formula is C26H29NO4. The fourth-order valence-corrected chi connectivity index (χ4v) is 5.60. The first-order valence-electron chi connectivity index (χ1n) is 11.3. The normalized spacial score (nSPS) is 24.4. The molecule has 2 aliphatic heterocycles. The van der Waals surface area contributed by atoms with Crippen LogP contribution >= 0.6 is 0 Å². The SMILES string of the molecule is Cc1c(C(=O)O)cccc1-c1ccc([C@@H]2CC23CCN(C(=O)C2CCCO2)CC3)cc1. The van der Waals surface area contributed by atoms with Gasteiger partial charge in [0.05, 0.1) is 5.56 Å². The number of carboxylic acids is 1. The minimum atomic E-state index is -0.889. The topological polar surface area (TPSA) is 66.8 Å². The van der Waals surface area contributed by atoms with E-state index in [2.05, 4.69) is 24.3 Å². The standard InChI is InChI=1S/C26H29NO4/c1-17-20(4-2-5-21(17)25(29)30)18-7-9-19(10-8-18)22-16-26(22)11-13-27(14-12-26)24(28)23-6-3-15-31-23/h2,4-5,7-10,22-23H,3,6,11-16H2,1H3,(H,29,30)/t22-,23?/m0/s1. The van der Waals surface area contributed by atoms with E-state index in [-0.39, 0.29) is 12.0 Å². The Morgan fingerprint density at radius 2 is 1.84 bits per heavy atom. The smallest absolute Gasteiger partial charge is 0.335 e. The van der Waals surface area contributed by atoms with E-state index in [1.54, 1.807) is 12.1 Å². The number of piperidine rings is 1. The number of likely N-dealkylation sites (tertiary alicyclic amines) is 1. The molecule has 1 amide bonds. The number of hydrogen-bond donors (Lipinski definition) is 1. The highest BCUT2D eigenvalue weighted by atomic mass is 16.5. The highest BCUT2D eigenvalue weighted by molar-refractivity contribution is 5.92. The number of aromatic carboxylic acids is 1. The lowest BCUT2D eigenvalue weighted by atomic mass is 9.88. The molecule has 31 heavy (non-hydrogen) atoms. The first kappa shape index (κ1) is 20.3. The Bertz CT molecular complexity index is 999. The Morgan fingerprint density at radius 1 is 1.10 bits per heavy atom. The van der Waals surface area contributed by atoms with Crippen molar-refractivity contribution < 1.29 is 19.4 Å². The van der Waals surface area contributed by atoms with Crippen LogP contribution in [0.1, 0.15) is 59.5 Å². The Balaban J connectivity index is 1.25. The van der Waals surface area contributed by atoms with E-state index in [4.69, 9.17) is 4.74 Å². The highest BCUT2D eigenvalue weighted by Gasteiger charge is 2.55. The Kier molecular flexibility index (Phi) is 5.09. The molecule has 1 N–H and O–H groups in total. The van der Waals surface area contributed by atoms with Crippen molar-refractivity contribution in [2.24, 2.45) is 5.41 Å². The zero-order valence-electron chi connectivity index (χ0n) is 18.0. The van der Waals surface area contributed by atoms with Gasteiger partial charge < -0.3 is 14.7 Å². The third-order valence-electron chi connectivity index (χ3n) is 7.65.